The van der Waals surface area contributed by atoms with Crippen molar-refractivity contribution in [3.05, 3.63) is 79.1 Å². The Kier molecular flexibility index (Phi) is 4.16. The van der Waals surface area contributed by atoms with Crippen molar-refractivity contribution in [2.24, 2.45) is 0 Å². The van der Waals surface area contributed by atoms with Gasteiger partial charge in [0.15, 0.2) is 0 Å². The number of benzene rings is 2. The molecule has 0 atom stereocenters. The highest BCUT2D eigenvalue weighted by molar-refractivity contribution is 8.10. The maximum absolute atomic E-state index is 12.9. The zero-order valence-electron chi connectivity index (χ0n) is 12.3. The lowest BCUT2D eigenvalue weighted by Gasteiger charge is -2.21. The molecule has 124 valence electrons. The average Bonchev–Trinajstić information content (AvgIpc) is 3.10. The van der Waals surface area contributed by atoms with Gasteiger partial charge in [-0.3, -0.25) is 0 Å². The van der Waals surface area contributed by atoms with Crippen LogP contribution in [0.2, 0.25) is 0 Å². The molecule has 24 heavy (non-hydrogen) atoms. The highest BCUT2D eigenvalue weighted by Gasteiger charge is 2.38. The monoisotopic (exact) mass is 363 g/mol. The topological polar surface area (TPSA) is 84.7 Å². The first-order valence-electron chi connectivity index (χ1n) is 6.88. The summed E-state index contributed by atoms with van der Waals surface area (Å²) in [6.45, 7) is 0. The maximum atomic E-state index is 12.9. The van der Waals surface area contributed by atoms with Gasteiger partial charge < -0.3 is 4.42 Å². The Morgan fingerprint density at radius 2 is 1.08 bits per heavy atom. The van der Waals surface area contributed by atoms with Gasteiger partial charge in [0.25, 0.3) is 20.0 Å². The van der Waals surface area contributed by atoms with E-state index in [0.29, 0.717) is 3.71 Å². The summed E-state index contributed by atoms with van der Waals surface area (Å²) in [5.74, 6) is -0.303. The lowest BCUT2D eigenvalue weighted by Crippen LogP contribution is -2.36. The molecule has 0 N–H and O–H groups in total. The molecule has 0 aliphatic carbocycles. The molecule has 0 saturated carbocycles. The lowest BCUT2D eigenvalue weighted by atomic mass is 10.4. The van der Waals surface area contributed by atoms with Crippen molar-refractivity contribution in [3.63, 3.8) is 0 Å². The molecule has 8 heteroatoms. The van der Waals surface area contributed by atoms with Gasteiger partial charge in [0.2, 0.25) is 5.88 Å². The van der Waals surface area contributed by atoms with Gasteiger partial charge in [-0.15, -0.1) is 3.71 Å². The summed E-state index contributed by atoms with van der Waals surface area (Å²) >= 11 is 0. The highest BCUT2D eigenvalue weighted by Crippen LogP contribution is 2.30. The van der Waals surface area contributed by atoms with E-state index in [1.807, 2.05) is 0 Å². The van der Waals surface area contributed by atoms with E-state index in [-0.39, 0.29) is 15.7 Å². The van der Waals surface area contributed by atoms with E-state index in [2.05, 4.69) is 0 Å². The normalized spacial score (nSPS) is 12.0. The Hall–Kier alpha value is -2.58. The second kappa shape index (κ2) is 6.14. The molecule has 0 amide bonds. The Balaban J connectivity index is 2.24. The predicted molar refractivity (Wildman–Crippen MR) is 88.4 cm³/mol. The number of nitrogens with zero attached hydrogens (tertiary/aromatic N) is 1. The van der Waals surface area contributed by atoms with E-state index in [0.717, 1.165) is 0 Å². The van der Waals surface area contributed by atoms with E-state index in [1.54, 1.807) is 12.1 Å². The van der Waals surface area contributed by atoms with Gasteiger partial charge in [-0.05, 0) is 30.3 Å². The van der Waals surface area contributed by atoms with E-state index >= 15 is 0 Å². The number of rotatable bonds is 5. The third-order valence-electron chi connectivity index (χ3n) is 3.20. The Morgan fingerprint density at radius 1 is 0.625 bits per heavy atom. The maximum Gasteiger partial charge on any atom is 0.280 e. The Labute approximate surface area is 140 Å². The van der Waals surface area contributed by atoms with Crippen LogP contribution in [0.4, 0.5) is 5.88 Å². The zero-order chi connectivity index (χ0) is 17.2. The summed E-state index contributed by atoms with van der Waals surface area (Å²) in [6.07, 6.45) is 1.21. The van der Waals surface area contributed by atoms with Crippen molar-refractivity contribution in [2.75, 3.05) is 3.71 Å². The van der Waals surface area contributed by atoms with Crippen molar-refractivity contribution in [1.82, 2.24) is 0 Å². The van der Waals surface area contributed by atoms with Crippen LogP contribution >= 0.6 is 0 Å². The quantitative estimate of drug-likeness (QED) is 0.696. The highest BCUT2D eigenvalue weighted by atomic mass is 32.3. The first-order valence-corrected chi connectivity index (χ1v) is 9.76. The van der Waals surface area contributed by atoms with E-state index in [1.165, 1.54) is 66.9 Å². The van der Waals surface area contributed by atoms with Gasteiger partial charge in [-0.2, -0.15) is 16.8 Å². The largest absolute Gasteiger partial charge is 0.447 e. The van der Waals surface area contributed by atoms with Crippen molar-refractivity contribution in [2.45, 2.75) is 9.79 Å². The molecular weight excluding hydrogens is 350 g/mol. The summed E-state index contributed by atoms with van der Waals surface area (Å²) in [4.78, 5) is -0.304. The fourth-order valence-electron chi connectivity index (χ4n) is 2.12. The molecule has 1 heterocycles. The minimum absolute atomic E-state index is 0.152. The molecule has 0 saturated heterocycles. The lowest BCUT2D eigenvalue weighted by molar-refractivity contribution is 0.555. The SMILES string of the molecule is O=S(=O)(c1ccccc1)N(c1ccco1)S(=O)(=O)c1ccccc1. The predicted octanol–water partition coefficient (Wildman–Crippen LogP) is 2.86. The van der Waals surface area contributed by atoms with Gasteiger partial charge in [0.05, 0.1) is 16.1 Å². The molecule has 0 aliphatic heterocycles. The van der Waals surface area contributed by atoms with Crippen LogP contribution in [0.3, 0.4) is 0 Å². The van der Waals surface area contributed by atoms with Crippen LogP contribution in [0.5, 0.6) is 0 Å². The van der Waals surface area contributed by atoms with Gasteiger partial charge >= 0.3 is 0 Å². The van der Waals surface area contributed by atoms with Crippen LogP contribution < -0.4 is 3.71 Å². The van der Waals surface area contributed by atoms with Crippen LogP contribution in [0.25, 0.3) is 0 Å². The number of sulfonamides is 2. The van der Waals surface area contributed by atoms with Crippen molar-refractivity contribution < 1.29 is 21.3 Å². The van der Waals surface area contributed by atoms with Crippen molar-refractivity contribution >= 4 is 25.9 Å². The minimum atomic E-state index is -4.38. The van der Waals surface area contributed by atoms with Gasteiger partial charge in [-0.25, -0.2) is 0 Å². The average molecular weight is 363 g/mol. The molecule has 0 radical (unpaired) electrons. The second-order valence-electron chi connectivity index (χ2n) is 4.78. The van der Waals surface area contributed by atoms with Crippen LogP contribution in [-0.2, 0) is 20.0 Å². The number of hydrogen-bond donors (Lipinski definition) is 0. The summed E-state index contributed by atoms with van der Waals surface area (Å²) in [5, 5.41) is 0. The summed E-state index contributed by atoms with van der Waals surface area (Å²) in [6, 6.07) is 17.3. The van der Waals surface area contributed by atoms with Crippen LogP contribution in [-0.4, -0.2) is 16.8 Å². The molecule has 0 spiro atoms. The molecule has 0 fully saturated rings. The molecule has 0 aliphatic rings. The number of hydrogen-bond acceptors (Lipinski definition) is 5. The van der Waals surface area contributed by atoms with Crippen LogP contribution in [0.1, 0.15) is 0 Å². The Morgan fingerprint density at radius 3 is 1.46 bits per heavy atom. The third kappa shape index (κ3) is 2.81. The molecular formula is C16H13NO5S2. The molecule has 3 rings (SSSR count). The molecule has 0 unspecified atom stereocenters. The van der Waals surface area contributed by atoms with Crippen molar-refractivity contribution in [1.29, 1.82) is 0 Å². The second-order valence-corrected chi connectivity index (χ2v) is 8.59. The summed E-state index contributed by atoms with van der Waals surface area (Å²) in [7, 11) is -8.76. The fraction of sp³-hybridized carbons (Fsp3) is 0. The van der Waals surface area contributed by atoms with Gasteiger partial charge in [-0.1, -0.05) is 36.4 Å². The molecule has 0 bridgehead atoms. The van der Waals surface area contributed by atoms with Crippen LogP contribution in [0, 0.1) is 0 Å². The molecule has 2 aromatic carbocycles. The van der Waals surface area contributed by atoms with Crippen LogP contribution in [0.15, 0.2) is 93.3 Å². The molecule has 6 nitrogen and oxygen atoms in total. The van der Waals surface area contributed by atoms with Crippen molar-refractivity contribution in [3.8, 4) is 0 Å². The zero-order valence-corrected chi connectivity index (χ0v) is 13.9. The number of furan rings is 1. The van der Waals surface area contributed by atoms with E-state index < -0.39 is 20.0 Å². The Bertz CT molecular complexity index is 943. The molecule has 3 aromatic rings. The first kappa shape index (κ1) is 16.3. The minimum Gasteiger partial charge on any atom is -0.447 e. The van der Waals surface area contributed by atoms with E-state index in [4.69, 9.17) is 4.42 Å². The summed E-state index contributed by atoms with van der Waals surface area (Å²) < 4.78 is 57.1. The van der Waals surface area contributed by atoms with E-state index in [9.17, 15) is 16.8 Å². The van der Waals surface area contributed by atoms with Gasteiger partial charge in [0, 0.05) is 6.07 Å². The fourth-order valence-corrected chi connectivity index (χ4v) is 5.73. The first-order chi connectivity index (χ1) is 11.4. The van der Waals surface area contributed by atoms with Gasteiger partial charge in [0.1, 0.15) is 0 Å². The smallest absolute Gasteiger partial charge is 0.280 e. The molecule has 1 aromatic heterocycles. The summed E-state index contributed by atoms with van der Waals surface area (Å²) in [5.41, 5.74) is 0. The number of anilines is 1. The standard InChI is InChI=1S/C16H13NO5S2/c18-23(19,14-8-3-1-4-9-14)17(16-12-7-13-22-16)24(20,21)15-10-5-2-6-11-15/h1-13H. The third-order valence-corrected chi connectivity index (χ3v) is 7.35.